The number of benzene rings is 2. The highest BCUT2D eigenvalue weighted by Crippen LogP contribution is 2.35. The van der Waals surface area contributed by atoms with Crippen LogP contribution in [0.25, 0.3) is 22.0 Å². The van der Waals surface area contributed by atoms with Crippen molar-refractivity contribution in [1.82, 2.24) is 14.3 Å². The Morgan fingerprint density at radius 1 is 1.12 bits per heavy atom. The van der Waals surface area contributed by atoms with Gasteiger partial charge in [0.05, 0.1) is 12.8 Å². The summed E-state index contributed by atoms with van der Waals surface area (Å²) in [5.41, 5.74) is 1.11. The number of amides is 1. The highest BCUT2D eigenvalue weighted by molar-refractivity contribution is 7.89. The van der Waals surface area contributed by atoms with Crippen molar-refractivity contribution in [3.8, 4) is 11.1 Å². The predicted molar refractivity (Wildman–Crippen MR) is 121 cm³/mol. The van der Waals surface area contributed by atoms with E-state index < -0.39 is 33.1 Å². The van der Waals surface area contributed by atoms with Crippen molar-refractivity contribution < 1.29 is 22.0 Å². The molecular weight excluding hydrogens is 452 g/mol. The molecule has 4 rings (SSSR count). The molecule has 0 unspecified atom stereocenters. The Morgan fingerprint density at radius 2 is 1.88 bits per heavy atom. The zero-order valence-corrected chi connectivity index (χ0v) is 18.5. The Hall–Kier alpha value is -3.79. The molecule has 0 fully saturated rings. The van der Waals surface area contributed by atoms with Crippen LogP contribution in [0.3, 0.4) is 0 Å². The van der Waals surface area contributed by atoms with Crippen molar-refractivity contribution in [2.75, 3.05) is 6.26 Å². The number of nitrogens with zero attached hydrogens (tertiary/aromatic N) is 1. The van der Waals surface area contributed by atoms with Crippen LogP contribution in [0.15, 0.2) is 59.5 Å². The first-order chi connectivity index (χ1) is 15.5. The van der Waals surface area contributed by atoms with E-state index in [1.165, 1.54) is 22.9 Å². The average molecular weight is 471 g/mol. The Morgan fingerprint density at radius 3 is 2.55 bits per heavy atom. The van der Waals surface area contributed by atoms with Crippen molar-refractivity contribution >= 4 is 26.8 Å². The van der Waals surface area contributed by atoms with Gasteiger partial charge in [0.1, 0.15) is 17.3 Å². The minimum Gasteiger partial charge on any atom is -0.331 e. The molecule has 0 radical (unpaired) electrons. The number of hydrogen-bond acceptors (Lipinski definition) is 4. The normalized spacial score (nSPS) is 11.6. The van der Waals surface area contributed by atoms with Crippen LogP contribution in [-0.2, 0) is 16.6 Å². The third kappa shape index (κ3) is 4.42. The lowest BCUT2D eigenvalue weighted by Gasteiger charge is -2.13. The molecule has 0 aliphatic carbocycles. The maximum Gasteiger partial charge on any atom is 0.282 e. The maximum absolute atomic E-state index is 14.5. The van der Waals surface area contributed by atoms with Crippen molar-refractivity contribution in [1.29, 1.82) is 0 Å². The molecular formula is C23H19F2N3O4S. The van der Waals surface area contributed by atoms with Crippen LogP contribution in [0, 0.1) is 18.6 Å². The molecule has 0 atom stereocenters. The van der Waals surface area contributed by atoms with E-state index >= 15 is 0 Å². The van der Waals surface area contributed by atoms with Gasteiger partial charge < -0.3 is 9.55 Å². The first-order valence-corrected chi connectivity index (χ1v) is 11.7. The number of H-pyrrole nitrogens is 1. The maximum atomic E-state index is 14.5. The van der Waals surface area contributed by atoms with Crippen LogP contribution >= 0.6 is 0 Å². The second kappa shape index (κ2) is 8.28. The van der Waals surface area contributed by atoms with Crippen molar-refractivity contribution in [2.24, 2.45) is 0 Å². The van der Waals surface area contributed by atoms with Crippen molar-refractivity contribution in [2.45, 2.75) is 13.5 Å². The van der Waals surface area contributed by atoms with E-state index in [-0.39, 0.29) is 28.9 Å². The van der Waals surface area contributed by atoms with Gasteiger partial charge in [-0.2, -0.15) is 0 Å². The standard InChI is InChI=1S/C23H19F2N3O4S/c1-13-5-8-19-17(10-13)20(16-4-3-9-26-22(16)29)21(23(30)27-33(2,31)32)28(19)12-14-6-7-15(24)11-18(14)25/h3-11H,12H2,1-2H3,(H,26,29)(H,27,30). The summed E-state index contributed by atoms with van der Waals surface area (Å²) >= 11 is 0. The molecule has 2 N–H and O–H groups in total. The fourth-order valence-electron chi connectivity index (χ4n) is 3.80. The molecule has 7 nitrogen and oxygen atoms in total. The molecule has 0 saturated carbocycles. The fraction of sp³-hybridized carbons (Fsp3) is 0.130. The Labute approximate surface area is 187 Å². The molecule has 4 aromatic rings. The minimum atomic E-state index is -3.95. The van der Waals surface area contributed by atoms with Crippen molar-refractivity contribution in [3.05, 3.63) is 93.5 Å². The summed E-state index contributed by atoms with van der Waals surface area (Å²) in [6, 6.07) is 11.4. The number of carbonyl (C=O) groups excluding carboxylic acids is 1. The first-order valence-electron chi connectivity index (χ1n) is 9.82. The molecule has 2 aromatic carbocycles. The predicted octanol–water partition coefficient (Wildman–Crippen LogP) is 3.32. The molecule has 0 aliphatic rings. The van der Waals surface area contributed by atoms with E-state index in [0.29, 0.717) is 10.9 Å². The molecule has 33 heavy (non-hydrogen) atoms. The van der Waals surface area contributed by atoms with E-state index in [2.05, 4.69) is 4.98 Å². The molecule has 0 spiro atoms. The number of rotatable bonds is 5. The lowest BCUT2D eigenvalue weighted by molar-refractivity contribution is 0.0974. The lowest BCUT2D eigenvalue weighted by atomic mass is 10.0. The molecule has 0 aliphatic heterocycles. The van der Waals surface area contributed by atoms with Gasteiger partial charge in [-0.05, 0) is 37.3 Å². The van der Waals surface area contributed by atoms with Gasteiger partial charge >= 0.3 is 0 Å². The Kier molecular flexibility index (Phi) is 5.62. The number of aryl methyl sites for hydroxylation is 1. The third-order valence-corrected chi connectivity index (χ3v) is 5.70. The zero-order chi connectivity index (χ0) is 23.9. The van der Waals surface area contributed by atoms with E-state index in [0.717, 1.165) is 24.0 Å². The summed E-state index contributed by atoms with van der Waals surface area (Å²) in [4.78, 5) is 28.4. The number of hydrogen-bond donors (Lipinski definition) is 2. The number of pyridine rings is 1. The summed E-state index contributed by atoms with van der Waals surface area (Å²) in [6.45, 7) is 1.62. The number of halogens is 2. The number of sulfonamides is 1. The Bertz CT molecular complexity index is 1570. The van der Waals surface area contributed by atoms with Crippen LogP contribution in [0.1, 0.15) is 21.6 Å². The second-order valence-corrected chi connectivity index (χ2v) is 9.43. The van der Waals surface area contributed by atoms with Crippen LogP contribution in [-0.4, -0.2) is 30.1 Å². The quantitative estimate of drug-likeness (QED) is 0.466. The molecule has 1 amide bonds. The van der Waals surface area contributed by atoms with Gasteiger partial charge in [-0.3, -0.25) is 9.59 Å². The SMILES string of the molecule is Cc1ccc2c(c1)c(-c1ccc[nH]c1=O)c(C(=O)NS(C)(=O)=O)n2Cc1ccc(F)cc1F. The van der Waals surface area contributed by atoms with E-state index in [1.54, 1.807) is 24.3 Å². The van der Waals surface area contributed by atoms with Crippen LogP contribution in [0.4, 0.5) is 8.78 Å². The molecule has 0 saturated heterocycles. The van der Waals surface area contributed by atoms with Crippen LogP contribution in [0.5, 0.6) is 0 Å². The van der Waals surface area contributed by atoms with Gasteiger partial charge in [-0.1, -0.05) is 17.7 Å². The van der Waals surface area contributed by atoms with Gasteiger partial charge in [0.2, 0.25) is 10.0 Å². The van der Waals surface area contributed by atoms with Gasteiger partial charge in [-0.25, -0.2) is 21.9 Å². The van der Waals surface area contributed by atoms with Gasteiger partial charge in [0.15, 0.2) is 0 Å². The number of fused-ring (bicyclic) bond motifs is 1. The summed E-state index contributed by atoms with van der Waals surface area (Å²) in [6.07, 6.45) is 2.26. The van der Waals surface area contributed by atoms with E-state index in [1.807, 2.05) is 11.6 Å². The largest absolute Gasteiger partial charge is 0.331 e. The lowest BCUT2D eigenvalue weighted by Crippen LogP contribution is -2.32. The zero-order valence-electron chi connectivity index (χ0n) is 17.6. The van der Waals surface area contributed by atoms with E-state index in [4.69, 9.17) is 0 Å². The van der Waals surface area contributed by atoms with Crippen molar-refractivity contribution in [3.63, 3.8) is 0 Å². The van der Waals surface area contributed by atoms with Gasteiger partial charge in [-0.15, -0.1) is 0 Å². The third-order valence-electron chi connectivity index (χ3n) is 5.14. The molecule has 10 heteroatoms. The monoisotopic (exact) mass is 471 g/mol. The van der Waals surface area contributed by atoms with E-state index in [9.17, 15) is 26.8 Å². The fourth-order valence-corrected chi connectivity index (χ4v) is 4.23. The second-order valence-electron chi connectivity index (χ2n) is 7.68. The van der Waals surface area contributed by atoms with Crippen LogP contribution < -0.4 is 10.3 Å². The molecule has 0 bridgehead atoms. The molecule has 170 valence electrons. The smallest absolute Gasteiger partial charge is 0.282 e. The summed E-state index contributed by atoms with van der Waals surface area (Å²) in [7, 11) is -3.95. The highest BCUT2D eigenvalue weighted by atomic mass is 32.2. The first kappa shape index (κ1) is 22.4. The Balaban J connectivity index is 2.09. The molecule has 2 heterocycles. The number of carbonyl (C=O) groups is 1. The van der Waals surface area contributed by atoms with Gasteiger partial charge in [0, 0.05) is 39.9 Å². The minimum absolute atomic E-state index is 0.0794. The van der Waals surface area contributed by atoms with Gasteiger partial charge in [0.25, 0.3) is 11.5 Å². The topological polar surface area (TPSA) is 101 Å². The number of aromatic amines is 1. The summed E-state index contributed by atoms with van der Waals surface area (Å²) in [5.74, 6) is -2.56. The number of aromatic nitrogens is 2. The average Bonchev–Trinajstić information content (AvgIpc) is 3.02. The number of nitrogens with one attached hydrogen (secondary N) is 2. The summed E-state index contributed by atoms with van der Waals surface area (Å²) < 4.78 is 55.0. The van der Waals surface area contributed by atoms with Crippen LogP contribution in [0.2, 0.25) is 0 Å². The highest BCUT2D eigenvalue weighted by Gasteiger charge is 2.27. The summed E-state index contributed by atoms with van der Waals surface area (Å²) in [5, 5.41) is 0.507. The molecule has 2 aromatic heterocycles.